The van der Waals surface area contributed by atoms with Crippen LogP contribution in [-0.2, 0) is 4.84 Å². The summed E-state index contributed by atoms with van der Waals surface area (Å²) in [4.78, 5) is 18.9. The number of benzene rings is 1. The van der Waals surface area contributed by atoms with Gasteiger partial charge in [0.25, 0.3) is 5.91 Å². The van der Waals surface area contributed by atoms with Crippen molar-refractivity contribution in [3.63, 3.8) is 0 Å². The van der Waals surface area contributed by atoms with Crippen LogP contribution in [0.5, 0.6) is 0 Å². The lowest BCUT2D eigenvalue weighted by atomic mass is 9.98. The van der Waals surface area contributed by atoms with Crippen molar-refractivity contribution in [2.75, 3.05) is 13.2 Å². The van der Waals surface area contributed by atoms with Crippen molar-refractivity contribution in [3.8, 4) is 0 Å². The molecule has 2 N–H and O–H groups in total. The standard InChI is InChI=1S/C14H19FN2O2/c15-12-6-4-11(5-7-12)14(18)17-9-2-1-3-13(17)8-10-19-16/h4-7,13H,1-3,8-10,16H2. The Hall–Kier alpha value is -1.46. The predicted octanol–water partition coefficient (Wildman–Crippen LogP) is 2.10. The highest BCUT2D eigenvalue weighted by molar-refractivity contribution is 5.94. The van der Waals surface area contributed by atoms with Crippen molar-refractivity contribution in [3.05, 3.63) is 35.6 Å². The number of piperidine rings is 1. The molecule has 1 fully saturated rings. The van der Waals surface area contributed by atoms with Crippen LogP contribution in [-0.4, -0.2) is 30.0 Å². The molecule has 0 aromatic heterocycles. The molecule has 1 amide bonds. The number of nitrogens with two attached hydrogens (primary N) is 1. The SMILES string of the molecule is NOCCC1CCCCN1C(=O)c1ccc(F)cc1. The topological polar surface area (TPSA) is 55.6 Å². The fourth-order valence-corrected chi connectivity index (χ4v) is 2.53. The van der Waals surface area contributed by atoms with Crippen LogP contribution in [0.4, 0.5) is 4.39 Å². The summed E-state index contributed by atoms with van der Waals surface area (Å²) in [5.41, 5.74) is 0.530. The Kier molecular flexibility index (Phi) is 4.87. The Bertz CT molecular complexity index is 422. The zero-order valence-corrected chi connectivity index (χ0v) is 10.8. The fourth-order valence-electron chi connectivity index (χ4n) is 2.53. The van der Waals surface area contributed by atoms with E-state index in [4.69, 9.17) is 5.90 Å². The van der Waals surface area contributed by atoms with Crippen molar-refractivity contribution < 1.29 is 14.0 Å². The summed E-state index contributed by atoms with van der Waals surface area (Å²) in [5.74, 6) is 4.68. The summed E-state index contributed by atoms with van der Waals surface area (Å²) in [6.45, 7) is 1.18. The third kappa shape index (κ3) is 3.52. The number of carbonyl (C=O) groups excluding carboxylic acids is 1. The molecule has 1 atom stereocenters. The molecule has 19 heavy (non-hydrogen) atoms. The number of nitrogens with zero attached hydrogens (tertiary/aromatic N) is 1. The second-order valence-corrected chi connectivity index (χ2v) is 4.81. The fraction of sp³-hybridized carbons (Fsp3) is 0.500. The van der Waals surface area contributed by atoms with Gasteiger partial charge in [-0.05, 0) is 49.9 Å². The molecule has 1 unspecified atom stereocenters. The minimum atomic E-state index is -0.330. The number of carbonyl (C=O) groups is 1. The Labute approximate surface area is 112 Å². The average molecular weight is 266 g/mol. The summed E-state index contributed by atoms with van der Waals surface area (Å²) in [7, 11) is 0. The minimum absolute atomic E-state index is 0.0401. The molecule has 0 radical (unpaired) electrons. The van der Waals surface area contributed by atoms with Crippen LogP contribution in [0.2, 0.25) is 0 Å². The Morgan fingerprint density at radius 1 is 1.37 bits per heavy atom. The zero-order valence-electron chi connectivity index (χ0n) is 10.8. The van der Waals surface area contributed by atoms with Gasteiger partial charge in [-0.3, -0.25) is 4.79 Å². The summed E-state index contributed by atoms with van der Waals surface area (Å²) >= 11 is 0. The highest BCUT2D eigenvalue weighted by Gasteiger charge is 2.27. The van der Waals surface area contributed by atoms with Gasteiger partial charge in [-0.25, -0.2) is 10.3 Å². The maximum absolute atomic E-state index is 12.9. The van der Waals surface area contributed by atoms with Crippen LogP contribution >= 0.6 is 0 Å². The monoisotopic (exact) mass is 266 g/mol. The second kappa shape index (κ2) is 6.63. The maximum atomic E-state index is 12.9. The van der Waals surface area contributed by atoms with Crippen LogP contribution < -0.4 is 5.90 Å². The van der Waals surface area contributed by atoms with Crippen LogP contribution in [0.15, 0.2) is 24.3 Å². The molecule has 5 heteroatoms. The first kappa shape index (κ1) is 14.0. The van der Waals surface area contributed by atoms with E-state index in [1.54, 1.807) is 0 Å². The Balaban J connectivity index is 2.08. The lowest BCUT2D eigenvalue weighted by Gasteiger charge is -2.35. The van der Waals surface area contributed by atoms with Gasteiger partial charge in [0.2, 0.25) is 0 Å². The summed E-state index contributed by atoms with van der Waals surface area (Å²) in [6.07, 6.45) is 3.83. The van der Waals surface area contributed by atoms with E-state index >= 15 is 0 Å². The first-order valence-corrected chi connectivity index (χ1v) is 6.60. The predicted molar refractivity (Wildman–Crippen MR) is 69.8 cm³/mol. The lowest BCUT2D eigenvalue weighted by molar-refractivity contribution is 0.0514. The maximum Gasteiger partial charge on any atom is 0.254 e. The third-order valence-electron chi connectivity index (χ3n) is 3.55. The molecule has 1 aromatic rings. The van der Waals surface area contributed by atoms with Crippen molar-refractivity contribution in [2.24, 2.45) is 5.90 Å². The summed E-state index contributed by atoms with van der Waals surface area (Å²) in [6, 6.07) is 5.85. The van der Waals surface area contributed by atoms with Gasteiger partial charge in [0.1, 0.15) is 5.82 Å². The largest absolute Gasteiger partial charge is 0.336 e. The molecule has 1 heterocycles. The van der Waals surface area contributed by atoms with Crippen molar-refractivity contribution in [2.45, 2.75) is 31.7 Å². The molecule has 1 saturated heterocycles. The minimum Gasteiger partial charge on any atom is -0.336 e. The normalized spacial score (nSPS) is 19.5. The smallest absolute Gasteiger partial charge is 0.254 e. The van der Waals surface area contributed by atoms with Gasteiger partial charge in [-0.1, -0.05) is 0 Å². The van der Waals surface area contributed by atoms with E-state index in [0.717, 1.165) is 32.2 Å². The molecular formula is C14H19FN2O2. The number of hydrogen-bond donors (Lipinski definition) is 1. The molecule has 2 rings (SSSR count). The zero-order chi connectivity index (χ0) is 13.7. The summed E-state index contributed by atoms with van der Waals surface area (Å²) < 4.78 is 12.9. The van der Waals surface area contributed by atoms with Crippen LogP contribution in [0.3, 0.4) is 0 Å². The van der Waals surface area contributed by atoms with E-state index in [9.17, 15) is 9.18 Å². The number of halogens is 1. The van der Waals surface area contributed by atoms with E-state index in [2.05, 4.69) is 4.84 Å². The van der Waals surface area contributed by atoms with Gasteiger partial charge in [-0.2, -0.15) is 0 Å². The molecule has 1 aromatic carbocycles. The number of amides is 1. The number of hydrogen-bond acceptors (Lipinski definition) is 3. The lowest BCUT2D eigenvalue weighted by Crippen LogP contribution is -2.44. The van der Waals surface area contributed by atoms with Crippen LogP contribution in [0.25, 0.3) is 0 Å². The van der Waals surface area contributed by atoms with E-state index < -0.39 is 0 Å². The van der Waals surface area contributed by atoms with Gasteiger partial charge in [0.05, 0.1) is 6.61 Å². The van der Waals surface area contributed by atoms with Gasteiger partial charge >= 0.3 is 0 Å². The third-order valence-corrected chi connectivity index (χ3v) is 3.55. The first-order valence-electron chi connectivity index (χ1n) is 6.60. The second-order valence-electron chi connectivity index (χ2n) is 4.81. The Morgan fingerprint density at radius 2 is 2.11 bits per heavy atom. The van der Waals surface area contributed by atoms with Gasteiger partial charge in [-0.15, -0.1) is 0 Å². The molecule has 104 valence electrons. The molecule has 0 saturated carbocycles. The molecule has 1 aliphatic rings. The van der Waals surface area contributed by atoms with E-state index in [1.165, 1.54) is 24.3 Å². The van der Waals surface area contributed by atoms with E-state index in [0.29, 0.717) is 12.2 Å². The van der Waals surface area contributed by atoms with Gasteiger partial charge < -0.3 is 9.74 Å². The van der Waals surface area contributed by atoms with E-state index in [-0.39, 0.29) is 17.8 Å². The number of rotatable bonds is 4. The van der Waals surface area contributed by atoms with Crippen molar-refractivity contribution in [1.29, 1.82) is 0 Å². The first-order chi connectivity index (χ1) is 9.22. The molecule has 0 bridgehead atoms. The Morgan fingerprint density at radius 3 is 2.79 bits per heavy atom. The molecule has 0 aliphatic carbocycles. The molecule has 0 spiro atoms. The highest BCUT2D eigenvalue weighted by atomic mass is 19.1. The molecule has 4 nitrogen and oxygen atoms in total. The van der Waals surface area contributed by atoms with E-state index in [1.807, 2.05) is 4.90 Å². The van der Waals surface area contributed by atoms with Crippen molar-refractivity contribution >= 4 is 5.91 Å². The highest BCUT2D eigenvalue weighted by Crippen LogP contribution is 2.22. The molecule has 1 aliphatic heterocycles. The van der Waals surface area contributed by atoms with Gasteiger partial charge in [0.15, 0.2) is 0 Å². The van der Waals surface area contributed by atoms with Crippen LogP contribution in [0.1, 0.15) is 36.0 Å². The molecular weight excluding hydrogens is 247 g/mol. The van der Waals surface area contributed by atoms with Crippen molar-refractivity contribution in [1.82, 2.24) is 4.90 Å². The van der Waals surface area contributed by atoms with Crippen LogP contribution in [0, 0.1) is 5.82 Å². The average Bonchev–Trinajstić information content (AvgIpc) is 2.45. The summed E-state index contributed by atoms with van der Waals surface area (Å²) in [5, 5.41) is 0. The number of likely N-dealkylation sites (tertiary alicyclic amines) is 1. The quantitative estimate of drug-likeness (QED) is 0.849. The van der Waals surface area contributed by atoms with Gasteiger partial charge in [0, 0.05) is 18.2 Å².